The normalized spacial score (nSPS) is 11.9. The summed E-state index contributed by atoms with van der Waals surface area (Å²) in [5.41, 5.74) is 1.69. The van der Waals surface area contributed by atoms with Crippen LogP contribution in [-0.4, -0.2) is 28.8 Å². The van der Waals surface area contributed by atoms with Gasteiger partial charge in [0.15, 0.2) is 11.5 Å². The van der Waals surface area contributed by atoms with Gasteiger partial charge >= 0.3 is 12.1 Å². The van der Waals surface area contributed by atoms with Crippen molar-refractivity contribution in [2.24, 2.45) is 0 Å². The summed E-state index contributed by atoms with van der Waals surface area (Å²) in [6.45, 7) is 5.59. The number of carbonyl (C=O) groups is 2. The molecule has 0 saturated carbocycles. The first kappa shape index (κ1) is 25.6. The highest BCUT2D eigenvalue weighted by atomic mass is 16.6. The number of phenols is 1. The molecule has 3 aromatic carbocycles. The van der Waals surface area contributed by atoms with Gasteiger partial charge in [0.2, 0.25) is 0 Å². The maximum Gasteiger partial charge on any atom is 0.408 e. The number of carbonyl (C=O) groups excluding carboxylic acids is 2. The molecular weight excluding hydrogens is 446 g/mol. The second kappa shape index (κ2) is 11.9. The van der Waals surface area contributed by atoms with E-state index in [1.165, 1.54) is 6.07 Å². The van der Waals surface area contributed by atoms with Crippen molar-refractivity contribution in [2.45, 2.75) is 52.0 Å². The Hall–Kier alpha value is -4.00. The van der Waals surface area contributed by atoms with Crippen LogP contribution in [0.15, 0.2) is 78.9 Å². The van der Waals surface area contributed by atoms with Crippen LogP contribution < -0.4 is 10.1 Å². The molecule has 2 N–H and O–H groups in total. The maximum atomic E-state index is 12.9. The summed E-state index contributed by atoms with van der Waals surface area (Å²) in [5, 5.41) is 13.0. The molecule has 1 atom stereocenters. The van der Waals surface area contributed by atoms with Crippen molar-refractivity contribution in [2.75, 3.05) is 0 Å². The van der Waals surface area contributed by atoms with Crippen LogP contribution in [-0.2, 0) is 33.9 Å². The molecule has 0 unspecified atom stereocenters. The van der Waals surface area contributed by atoms with Crippen molar-refractivity contribution in [3.8, 4) is 11.5 Å². The molecule has 0 heterocycles. The van der Waals surface area contributed by atoms with Crippen molar-refractivity contribution < 1.29 is 28.9 Å². The number of aromatic hydroxyl groups is 1. The molecule has 0 spiro atoms. The largest absolute Gasteiger partial charge is 0.504 e. The smallest absolute Gasteiger partial charge is 0.408 e. The first-order valence-electron chi connectivity index (χ1n) is 11.4. The van der Waals surface area contributed by atoms with Crippen LogP contribution in [0.3, 0.4) is 0 Å². The molecule has 35 heavy (non-hydrogen) atoms. The van der Waals surface area contributed by atoms with Crippen LogP contribution >= 0.6 is 0 Å². The molecule has 0 saturated heterocycles. The molecule has 0 fully saturated rings. The van der Waals surface area contributed by atoms with Gasteiger partial charge in [-0.15, -0.1) is 0 Å². The minimum absolute atomic E-state index is 0.0629. The average molecular weight is 478 g/mol. The van der Waals surface area contributed by atoms with Crippen molar-refractivity contribution >= 4 is 12.1 Å². The maximum absolute atomic E-state index is 12.9. The molecule has 0 aliphatic carbocycles. The molecular formula is C28H31NO6. The Morgan fingerprint density at radius 2 is 1.46 bits per heavy atom. The van der Waals surface area contributed by atoms with Gasteiger partial charge in [0.05, 0.1) is 0 Å². The molecule has 3 rings (SSSR count). The van der Waals surface area contributed by atoms with Crippen molar-refractivity contribution in [3.63, 3.8) is 0 Å². The van der Waals surface area contributed by atoms with Crippen LogP contribution in [0.1, 0.15) is 37.5 Å². The molecule has 0 aliphatic heterocycles. The Balaban J connectivity index is 1.68. The van der Waals surface area contributed by atoms with Crippen LogP contribution in [0.5, 0.6) is 11.5 Å². The summed E-state index contributed by atoms with van der Waals surface area (Å²) >= 11 is 0. The van der Waals surface area contributed by atoms with E-state index in [9.17, 15) is 14.7 Å². The summed E-state index contributed by atoms with van der Waals surface area (Å²) in [5.74, 6) is -0.350. The highest BCUT2D eigenvalue weighted by Gasteiger charge is 2.26. The van der Waals surface area contributed by atoms with Gasteiger partial charge in [0.25, 0.3) is 0 Å². The monoisotopic (exact) mass is 477 g/mol. The highest BCUT2D eigenvalue weighted by Crippen LogP contribution is 2.28. The van der Waals surface area contributed by atoms with E-state index in [4.69, 9.17) is 14.2 Å². The molecule has 3 aromatic rings. The molecule has 7 nitrogen and oxygen atoms in total. The molecule has 0 aliphatic rings. The van der Waals surface area contributed by atoms with Crippen molar-refractivity contribution in [1.29, 1.82) is 0 Å². The summed E-state index contributed by atoms with van der Waals surface area (Å²) in [6.07, 6.45) is -0.634. The number of nitrogens with one attached hydrogen (secondary N) is 1. The fourth-order valence-electron chi connectivity index (χ4n) is 3.26. The van der Waals surface area contributed by atoms with E-state index in [0.717, 1.165) is 11.1 Å². The van der Waals surface area contributed by atoms with E-state index in [0.29, 0.717) is 17.9 Å². The lowest BCUT2D eigenvalue weighted by molar-refractivity contribution is -0.147. The highest BCUT2D eigenvalue weighted by molar-refractivity contribution is 5.81. The Bertz CT molecular complexity index is 1110. The summed E-state index contributed by atoms with van der Waals surface area (Å²) < 4.78 is 16.5. The SMILES string of the molecule is CC(C)(C)OC(=O)N[C@@H](Cc1ccc(OCc2ccccc2)c(O)c1)C(=O)OCc1ccccc1. The number of ether oxygens (including phenoxy) is 3. The van der Waals surface area contributed by atoms with Gasteiger partial charge in [-0.2, -0.15) is 0 Å². The Morgan fingerprint density at radius 3 is 2.03 bits per heavy atom. The summed E-state index contributed by atoms with van der Waals surface area (Å²) in [4.78, 5) is 25.2. The summed E-state index contributed by atoms with van der Waals surface area (Å²) in [6, 6.07) is 22.7. The van der Waals surface area contributed by atoms with E-state index < -0.39 is 23.7 Å². The van der Waals surface area contributed by atoms with Gasteiger partial charge in [0, 0.05) is 6.42 Å². The lowest BCUT2D eigenvalue weighted by Crippen LogP contribution is -2.45. The van der Waals surface area contributed by atoms with E-state index in [2.05, 4.69) is 5.32 Å². The number of phenolic OH excluding ortho intramolecular Hbond substituents is 1. The first-order valence-corrected chi connectivity index (χ1v) is 11.4. The number of alkyl carbamates (subject to hydrolysis) is 1. The third-order valence-corrected chi connectivity index (χ3v) is 4.90. The predicted molar refractivity (Wildman–Crippen MR) is 132 cm³/mol. The molecule has 7 heteroatoms. The van der Waals surface area contributed by atoms with Gasteiger partial charge in [-0.3, -0.25) is 0 Å². The molecule has 184 valence electrons. The Morgan fingerprint density at radius 1 is 0.857 bits per heavy atom. The average Bonchev–Trinajstić information content (AvgIpc) is 2.82. The number of benzene rings is 3. The van der Waals surface area contributed by atoms with Crippen LogP contribution in [0, 0.1) is 0 Å². The molecule has 0 aromatic heterocycles. The quantitative estimate of drug-likeness (QED) is 0.414. The van der Waals surface area contributed by atoms with Gasteiger partial charge in [-0.05, 0) is 49.6 Å². The Kier molecular flexibility index (Phi) is 8.73. The van der Waals surface area contributed by atoms with Gasteiger partial charge in [-0.25, -0.2) is 9.59 Å². The fraction of sp³-hybridized carbons (Fsp3) is 0.286. The number of hydrogen-bond acceptors (Lipinski definition) is 6. The standard InChI is InChI=1S/C28H31NO6/c1-28(2,3)35-27(32)29-23(26(31)34-19-21-12-8-5-9-13-21)16-22-14-15-25(24(30)17-22)33-18-20-10-6-4-7-11-20/h4-15,17,23,30H,16,18-19H2,1-3H3,(H,29,32)/t23-/m0/s1. The third kappa shape index (κ3) is 8.70. The lowest BCUT2D eigenvalue weighted by Gasteiger charge is -2.23. The van der Waals surface area contributed by atoms with Crippen molar-refractivity contribution in [1.82, 2.24) is 5.32 Å². The fourth-order valence-corrected chi connectivity index (χ4v) is 3.26. The van der Waals surface area contributed by atoms with E-state index in [1.807, 2.05) is 60.7 Å². The second-order valence-corrected chi connectivity index (χ2v) is 9.07. The second-order valence-electron chi connectivity index (χ2n) is 9.07. The number of hydrogen-bond donors (Lipinski definition) is 2. The zero-order valence-electron chi connectivity index (χ0n) is 20.2. The number of esters is 1. The molecule has 0 radical (unpaired) electrons. The Labute approximate surface area is 205 Å². The van der Waals surface area contributed by atoms with Crippen molar-refractivity contribution in [3.05, 3.63) is 95.6 Å². The van der Waals surface area contributed by atoms with Crippen LogP contribution in [0.4, 0.5) is 4.79 Å². The van der Waals surface area contributed by atoms with Gasteiger partial charge < -0.3 is 24.6 Å². The number of amides is 1. The first-order chi connectivity index (χ1) is 16.7. The van der Waals surface area contributed by atoms with E-state index >= 15 is 0 Å². The van der Waals surface area contributed by atoms with Crippen LogP contribution in [0.2, 0.25) is 0 Å². The topological polar surface area (TPSA) is 94.1 Å². The summed E-state index contributed by atoms with van der Waals surface area (Å²) in [7, 11) is 0. The van der Waals surface area contributed by atoms with Crippen LogP contribution in [0.25, 0.3) is 0 Å². The van der Waals surface area contributed by atoms with Gasteiger partial charge in [0.1, 0.15) is 24.9 Å². The third-order valence-electron chi connectivity index (χ3n) is 4.90. The lowest BCUT2D eigenvalue weighted by atomic mass is 10.1. The number of rotatable bonds is 9. The van der Waals surface area contributed by atoms with Gasteiger partial charge in [-0.1, -0.05) is 66.7 Å². The van der Waals surface area contributed by atoms with E-state index in [1.54, 1.807) is 32.9 Å². The van der Waals surface area contributed by atoms with E-state index in [-0.39, 0.29) is 18.8 Å². The minimum Gasteiger partial charge on any atom is -0.504 e. The minimum atomic E-state index is -1.01. The predicted octanol–water partition coefficient (Wildman–Crippen LogP) is 5.15. The zero-order valence-corrected chi connectivity index (χ0v) is 20.2. The molecule has 1 amide bonds. The molecule has 0 bridgehead atoms. The zero-order chi connectivity index (χ0) is 25.3.